The summed E-state index contributed by atoms with van der Waals surface area (Å²) in [7, 11) is 0. The molecule has 4 nitrogen and oxygen atoms in total. The summed E-state index contributed by atoms with van der Waals surface area (Å²) in [6, 6.07) is 0. The molecule has 0 spiro atoms. The van der Waals surface area contributed by atoms with Crippen molar-refractivity contribution in [2.45, 2.75) is 92.8 Å². The van der Waals surface area contributed by atoms with Crippen molar-refractivity contribution >= 4 is 11.0 Å². The highest BCUT2D eigenvalue weighted by Gasteiger charge is 2.51. The Balaban J connectivity index is 2.21. The Hall–Kier alpha value is -1.97. The van der Waals surface area contributed by atoms with Gasteiger partial charge in [0.15, 0.2) is 0 Å². The van der Waals surface area contributed by atoms with E-state index in [2.05, 4.69) is 55.4 Å². The molecule has 0 fully saturated rings. The Kier molecular flexibility index (Phi) is 4.06. The van der Waals surface area contributed by atoms with E-state index in [0.717, 1.165) is 40.0 Å². The fourth-order valence-corrected chi connectivity index (χ4v) is 4.71. The fraction of sp³-hybridized carbons (Fsp3) is 0.640. The molecule has 1 aromatic carbocycles. The highest BCUT2D eigenvalue weighted by Crippen LogP contribution is 2.59. The van der Waals surface area contributed by atoms with Gasteiger partial charge < -0.3 is 13.9 Å². The minimum Gasteiger partial charge on any atom is -0.486 e. The van der Waals surface area contributed by atoms with Crippen molar-refractivity contribution in [3.63, 3.8) is 0 Å². The standard InChI is InChI=1S/C25H34O4/c1-12-11-16-19(28-24(12,7)8)17-13(2)14(3)22(26)27-21(17)18-15(4)23(5,6)25(9,10)29-20(16)18/h12,15H,11H2,1-10H3. The first kappa shape index (κ1) is 20.3. The maximum absolute atomic E-state index is 12.6. The second-order valence-corrected chi connectivity index (χ2v) is 10.8. The molecule has 4 heteroatoms. The molecule has 1 aromatic heterocycles. The SMILES string of the molecule is Cc1c(C)c2c3c(c4c(c2oc1=O)C(C)C(C)(C)C(C)(C)O4)CC(C)C(C)(C)O3. The van der Waals surface area contributed by atoms with Gasteiger partial charge >= 0.3 is 5.63 Å². The monoisotopic (exact) mass is 398 g/mol. The van der Waals surface area contributed by atoms with Gasteiger partial charge in [-0.05, 0) is 65.4 Å². The molecule has 158 valence electrons. The number of hydrogen-bond donors (Lipinski definition) is 0. The van der Waals surface area contributed by atoms with Gasteiger partial charge in [0.1, 0.15) is 28.3 Å². The molecule has 0 radical (unpaired) electrons. The molecule has 0 bridgehead atoms. The van der Waals surface area contributed by atoms with Gasteiger partial charge in [0.05, 0.1) is 5.39 Å². The summed E-state index contributed by atoms with van der Waals surface area (Å²) >= 11 is 0. The quantitative estimate of drug-likeness (QED) is 0.506. The van der Waals surface area contributed by atoms with E-state index >= 15 is 0 Å². The summed E-state index contributed by atoms with van der Waals surface area (Å²) in [5.41, 5.74) is 3.25. The molecule has 0 aliphatic carbocycles. The number of ether oxygens (including phenoxy) is 2. The summed E-state index contributed by atoms with van der Waals surface area (Å²) in [6.07, 6.45) is 0.876. The van der Waals surface area contributed by atoms with E-state index in [1.807, 2.05) is 13.8 Å². The number of fused-ring (bicyclic) bond motifs is 6. The van der Waals surface area contributed by atoms with E-state index in [1.54, 1.807) is 0 Å². The molecule has 0 amide bonds. The lowest BCUT2D eigenvalue weighted by molar-refractivity contribution is -0.0457. The van der Waals surface area contributed by atoms with Crippen LogP contribution < -0.4 is 15.1 Å². The van der Waals surface area contributed by atoms with Crippen LogP contribution in [0.5, 0.6) is 11.5 Å². The Labute approximate surface area is 173 Å². The van der Waals surface area contributed by atoms with Crippen LogP contribution in [-0.4, -0.2) is 11.2 Å². The van der Waals surface area contributed by atoms with Gasteiger partial charge in [-0.15, -0.1) is 0 Å². The van der Waals surface area contributed by atoms with Gasteiger partial charge in [-0.1, -0.05) is 27.7 Å². The highest BCUT2D eigenvalue weighted by atomic mass is 16.5. The van der Waals surface area contributed by atoms with Gasteiger partial charge in [-0.2, -0.15) is 0 Å². The first-order valence-electron chi connectivity index (χ1n) is 10.7. The van der Waals surface area contributed by atoms with Crippen LogP contribution in [0.1, 0.15) is 83.6 Å². The highest BCUT2D eigenvalue weighted by molar-refractivity contribution is 5.94. The van der Waals surface area contributed by atoms with Crippen molar-refractivity contribution in [2.24, 2.45) is 11.3 Å². The zero-order chi connectivity index (χ0) is 21.7. The molecule has 2 unspecified atom stereocenters. The average molecular weight is 399 g/mol. The Morgan fingerprint density at radius 1 is 0.897 bits per heavy atom. The molecule has 29 heavy (non-hydrogen) atoms. The predicted molar refractivity (Wildman–Crippen MR) is 116 cm³/mol. The molecule has 2 aliphatic rings. The lowest BCUT2D eigenvalue weighted by Crippen LogP contribution is -2.51. The minimum absolute atomic E-state index is 0.140. The summed E-state index contributed by atoms with van der Waals surface area (Å²) in [6.45, 7) is 21.3. The largest absolute Gasteiger partial charge is 0.486 e. The third-order valence-corrected chi connectivity index (χ3v) is 8.42. The molecule has 3 heterocycles. The Morgan fingerprint density at radius 2 is 1.52 bits per heavy atom. The van der Waals surface area contributed by atoms with E-state index < -0.39 is 0 Å². The molecule has 2 atom stereocenters. The van der Waals surface area contributed by atoms with Crippen molar-refractivity contribution in [2.75, 3.05) is 0 Å². The third-order valence-electron chi connectivity index (χ3n) is 8.42. The number of rotatable bonds is 0. The zero-order valence-corrected chi connectivity index (χ0v) is 19.5. The summed E-state index contributed by atoms with van der Waals surface area (Å²) < 4.78 is 19.2. The van der Waals surface area contributed by atoms with Crippen molar-refractivity contribution in [3.8, 4) is 11.5 Å². The molecule has 0 N–H and O–H groups in total. The molecular formula is C25H34O4. The lowest BCUT2D eigenvalue weighted by atomic mass is 9.63. The van der Waals surface area contributed by atoms with Gasteiger partial charge in [0, 0.05) is 22.1 Å². The third kappa shape index (κ3) is 2.53. The fourth-order valence-electron chi connectivity index (χ4n) is 4.71. The zero-order valence-electron chi connectivity index (χ0n) is 19.5. The molecular weight excluding hydrogens is 364 g/mol. The van der Waals surface area contributed by atoms with Gasteiger partial charge in [-0.3, -0.25) is 0 Å². The molecule has 4 rings (SSSR count). The van der Waals surface area contributed by atoms with Crippen LogP contribution in [0, 0.1) is 25.2 Å². The van der Waals surface area contributed by atoms with E-state index in [4.69, 9.17) is 13.9 Å². The number of aryl methyl sites for hydroxylation is 1. The van der Waals surface area contributed by atoms with E-state index in [-0.39, 0.29) is 28.2 Å². The van der Waals surface area contributed by atoms with Crippen LogP contribution in [0.25, 0.3) is 11.0 Å². The van der Waals surface area contributed by atoms with Crippen LogP contribution >= 0.6 is 0 Å². The summed E-state index contributed by atoms with van der Waals surface area (Å²) in [5, 5.41) is 0.932. The normalized spacial score (nSPS) is 26.3. The van der Waals surface area contributed by atoms with E-state index in [1.165, 1.54) is 0 Å². The van der Waals surface area contributed by atoms with Crippen molar-refractivity contribution < 1.29 is 13.9 Å². The van der Waals surface area contributed by atoms with Crippen LogP contribution in [0.2, 0.25) is 0 Å². The maximum Gasteiger partial charge on any atom is 0.339 e. The first-order chi connectivity index (χ1) is 13.2. The van der Waals surface area contributed by atoms with Crippen LogP contribution in [0.15, 0.2) is 9.21 Å². The maximum atomic E-state index is 12.6. The van der Waals surface area contributed by atoms with Gasteiger partial charge in [0.25, 0.3) is 0 Å². The van der Waals surface area contributed by atoms with Gasteiger partial charge in [-0.25, -0.2) is 4.79 Å². The summed E-state index contributed by atoms with van der Waals surface area (Å²) in [5.74, 6) is 2.18. The van der Waals surface area contributed by atoms with E-state index in [0.29, 0.717) is 17.1 Å². The topological polar surface area (TPSA) is 48.7 Å². The first-order valence-corrected chi connectivity index (χ1v) is 10.7. The van der Waals surface area contributed by atoms with Crippen molar-refractivity contribution in [1.82, 2.24) is 0 Å². The second-order valence-electron chi connectivity index (χ2n) is 10.8. The molecule has 2 aromatic rings. The lowest BCUT2D eigenvalue weighted by Gasteiger charge is -2.51. The second kappa shape index (κ2) is 5.80. The van der Waals surface area contributed by atoms with Crippen molar-refractivity contribution in [1.29, 1.82) is 0 Å². The van der Waals surface area contributed by atoms with Crippen LogP contribution in [0.4, 0.5) is 0 Å². The number of benzene rings is 1. The van der Waals surface area contributed by atoms with Crippen LogP contribution in [-0.2, 0) is 6.42 Å². The van der Waals surface area contributed by atoms with Crippen LogP contribution in [0.3, 0.4) is 0 Å². The number of hydrogen-bond acceptors (Lipinski definition) is 4. The molecule has 0 saturated heterocycles. The molecule has 2 aliphatic heterocycles. The Morgan fingerprint density at radius 3 is 2.14 bits per heavy atom. The predicted octanol–water partition coefficient (Wildman–Crippen LogP) is 6.06. The smallest absolute Gasteiger partial charge is 0.339 e. The van der Waals surface area contributed by atoms with Crippen molar-refractivity contribution in [3.05, 3.63) is 32.7 Å². The Bertz CT molecular complexity index is 1080. The summed E-state index contributed by atoms with van der Waals surface area (Å²) in [4.78, 5) is 12.6. The average Bonchev–Trinajstić information content (AvgIpc) is 2.59. The molecule has 0 saturated carbocycles. The van der Waals surface area contributed by atoms with E-state index in [9.17, 15) is 4.79 Å². The van der Waals surface area contributed by atoms with Gasteiger partial charge in [0.2, 0.25) is 0 Å². The minimum atomic E-state index is -0.364.